The summed E-state index contributed by atoms with van der Waals surface area (Å²) in [5, 5.41) is 4.62. The fourth-order valence-electron chi connectivity index (χ4n) is 2.11. The van der Waals surface area contributed by atoms with E-state index in [1.807, 2.05) is 25.1 Å². The molecule has 0 spiro atoms. The maximum Gasteiger partial charge on any atom is 0.134 e. The fraction of sp³-hybridized carbons (Fsp3) is 0.375. The Hall–Kier alpha value is -1.72. The number of para-hydroxylation sites is 1. The molecule has 0 radical (unpaired) electrons. The number of furan rings is 1. The first-order valence-corrected chi connectivity index (χ1v) is 6.46. The van der Waals surface area contributed by atoms with Gasteiger partial charge in [0.15, 0.2) is 0 Å². The lowest BCUT2D eigenvalue weighted by Gasteiger charge is -2.13. The van der Waals surface area contributed by atoms with Crippen LogP contribution < -0.4 is 5.32 Å². The van der Waals surface area contributed by atoms with Crippen LogP contribution in [0.3, 0.4) is 0 Å². The number of fused-ring (bicyclic) bond motifs is 1. The number of hydrogen-bond acceptors (Lipinski definition) is 2. The second kappa shape index (κ2) is 6.28. The van der Waals surface area contributed by atoms with E-state index in [4.69, 9.17) is 4.42 Å². The van der Waals surface area contributed by atoms with Crippen LogP contribution in [0.4, 0.5) is 0 Å². The Bertz CT molecular complexity index is 526. The normalized spacial score (nSPS) is 12.1. The molecule has 2 aromatic rings. The van der Waals surface area contributed by atoms with Crippen LogP contribution in [0.5, 0.6) is 0 Å². The van der Waals surface area contributed by atoms with Gasteiger partial charge in [-0.1, -0.05) is 25.1 Å². The SMILES string of the molecule is CC#CCCC(NCC)c1cc2ccccc2o1. The van der Waals surface area contributed by atoms with Gasteiger partial charge in [-0.25, -0.2) is 0 Å². The van der Waals surface area contributed by atoms with E-state index in [-0.39, 0.29) is 6.04 Å². The van der Waals surface area contributed by atoms with E-state index < -0.39 is 0 Å². The molecule has 0 saturated heterocycles. The highest BCUT2D eigenvalue weighted by Crippen LogP contribution is 2.26. The molecule has 1 heterocycles. The van der Waals surface area contributed by atoms with Gasteiger partial charge in [-0.2, -0.15) is 0 Å². The van der Waals surface area contributed by atoms with Crippen molar-refractivity contribution in [2.24, 2.45) is 0 Å². The summed E-state index contributed by atoms with van der Waals surface area (Å²) in [5.74, 6) is 7.05. The van der Waals surface area contributed by atoms with Gasteiger partial charge in [-0.3, -0.25) is 0 Å². The molecule has 0 bridgehead atoms. The Morgan fingerprint density at radius 3 is 2.89 bits per heavy atom. The van der Waals surface area contributed by atoms with Crippen molar-refractivity contribution in [2.75, 3.05) is 6.54 Å². The average Bonchev–Trinajstić information content (AvgIpc) is 2.81. The Morgan fingerprint density at radius 2 is 2.17 bits per heavy atom. The van der Waals surface area contributed by atoms with Gasteiger partial charge in [-0.05, 0) is 32.0 Å². The molecule has 0 aliphatic rings. The standard InChI is InChI=1S/C16H19NO/c1-3-5-6-10-14(17-4-2)16-12-13-9-7-8-11-15(13)18-16/h7-9,11-12,14,17H,4,6,10H2,1-2H3. The Morgan fingerprint density at radius 1 is 1.33 bits per heavy atom. The van der Waals surface area contributed by atoms with Crippen LogP contribution in [-0.2, 0) is 0 Å². The highest BCUT2D eigenvalue weighted by molar-refractivity contribution is 5.77. The molecule has 0 amide bonds. The summed E-state index contributed by atoms with van der Waals surface area (Å²) in [4.78, 5) is 0. The molecule has 0 aliphatic heterocycles. The zero-order valence-electron chi connectivity index (χ0n) is 11.0. The van der Waals surface area contributed by atoms with Crippen molar-refractivity contribution in [3.8, 4) is 11.8 Å². The molecule has 0 aliphatic carbocycles. The van der Waals surface area contributed by atoms with Crippen molar-refractivity contribution < 1.29 is 4.42 Å². The van der Waals surface area contributed by atoms with E-state index in [1.165, 1.54) is 0 Å². The van der Waals surface area contributed by atoms with Gasteiger partial charge in [-0.15, -0.1) is 11.8 Å². The lowest BCUT2D eigenvalue weighted by Crippen LogP contribution is -2.20. The van der Waals surface area contributed by atoms with Gasteiger partial charge in [0, 0.05) is 11.8 Å². The van der Waals surface area contributed by atoms with E-state index in [9.17, 15) is 0 Å². The molecule has 0 saturated carbocycles. The predicted molar refractivity (Wildman–Crippen MR) is 75.3 cm³/mol. The summed E-state index contributed by atoms with van der Waals surface area (Å²) in [7, 11) is 0. The number of rotatable bonds is 5. The molecule has 0 fully saturated rings. The molecule has 94 valence electrons. The van der Waals surface area contributed by atoms with E-state index in [0.29, 0.717) is 0 Å². The summed E-state index contributed by atoms with van der Waals surface area (Å²) in [6, 6.07) is 10.5. The quantitative estimate of drug-likeness (QED) is 0.803. The largest absolute Gasteiger partial charge is 0.459 e. The van der Waals surface area contributed by atoms with E-state index in [0.717, 1.165) is 36.1 Å². The number of nitrogens with one attached hydrogen (secondary N) is 1. The Balaban J connectivity index is 2.19. The minimum absolute atomic E-state index is 0.253. The molecular weight excluding hydrogens is 222 g/mol. The second-order valence-corrected chi connectivity index (χ2v) is 4.26. The first-order valence-electron chi connectivity index (χ1n) is 6.46. The zero-order valence-corrected chi connectivity index (χ0v) is 11.0. The number of benzene rings is 1. The molecule has 1 unspecified atom stereocenters. The van der Waals surface area contributed by atoms with Gasteiger partial charge in [0.2, 0.25) is 0 Å². The lowest BCUT2D eigenvalue weighted by atomic mass is 10.1. The lowest BCUT2D eigenvalue weighted by molar-refractivity contribution is 0.421. The monoisotopic (exact) mass is 241 g/mol. The molecule has 2 nitrogen and oxygen atoms in total. The first kappa shape index (κ1) is 12.7. The summed E-state index contributed by atoms with van der Waals surface area (Å²) in [6.07, 6.45) is 1.87. The molecule has 18 heavy (non-hydrogen) atoms. The zero-order chi connectivity index (χ0) is 12.8. The maximum absolute atomic E-state index is 5.90. The smallest absolute Gasteiger partial charge is 0.134 e. The highest BCUT2D eigenvalue weighted by atomic mass is 16.3. The van der Waals surface area contributed by atoms with Crippen molar-refractivity contribution in [1.82, 2.24) is 5.32 Å². The van der Waals surface area contributed by atoms with Crippen LogP contribution >= 0.6 is 0 Å². The topological polar surface area (TPSA) is 25.2 Å². The maximum atomic E-state index is 5.90. The third-order valence-electron chi connectivity index (χ3n) is 2.97. The van der Waals surface area contributed by atoms with Crippen LogP contribution in [0, 0.1) is 11.8 Å². The Kier molecular flexibility index (Phi) is 4.44. The van der Waals surface area contributed by atoms with E-state index in [2.05, 4.69) is 36.2 Å². The molecule has 1 atom stereocenters. The molecule has 1 aromatic carbocycles. The fourth-order valence-corrected chi connectivity index (χ4v) is 2.11. The van der Waals surface area contributed by atoms with Crippen molar-refractivity contribution >= 4 is 11.0 Å². The van der Waals surface area contributed by atoms with Crippen LogP contribution in [0.1, 0.15) is 38.5 Å². The van der Waals surface area contributed by atoms with Gasteiger partial charge in [0.1, 0.15) is 11.3 Å². The molecule has 1 aromatic heterocycles. The minimum atomic E-state index is 0.253. The molecule has 2 heteroatoms. The molecular formula is C16H19NO. The van der Waals surface area contributed by atoms with Crippen LogP contribution in [-0.4, -0.2) is 6.54 Å². The van der Waals surface area contributed by atoms with Crippen molar-refractivity contribution in [3.63, 3.8) is 0 Å². The second-order valence-electron chi connectivity index (χ2n) is 4.26. The van der Waals surface area contributed by atoms with Crippen LogP contribution in [0.2, 0.25) is 0 Å². The highest BCUT2D eigenvalue weighted by Gasteiger charge is 2.14. The third-order valence-corrected chi connectivity index (χ3v) is 2.97. The first-order chi connectivity index (χ1) is 8.85. The summed E-state index contributed by atoms with van der Waals surface area (Å²) >= 11 is 0. The average molecular weight is 241 g/mol. The van der Waals surface area contributed by atoms with Crippen molar-refractivity contribution in [2.45, 2.75) is 32.7 Å². The Labute approximate surface area is 108 Å². The predicted octanol–water partition coefficient (Wildman–Crippen LogP) is 3.89. The van der Waals surface area contributed by atoms with E-state index in [1.54, 1.807) is 0 Å². The number of hydrogen-bond donors (Lipinski definition) is 1. The van der Waals surface area contributed by atoms with Crippen molar-refractivity contribution in [3.05, 3.63) is 36.1 Å². The summed E-state index contributed by atoms with van der Waals surface area (Å²) in [6.45, 7) is 4.92. The van der Waals surface area contributed by atoms with E-state index >= 15 is 0 Å². The minimum Gasteiger partial charge on any atom is -0.459 e. The third kappa shape index (κ3) is 2.94. The van der Waals surface area contributed by atoms with Gasteiger partial charge in [0.25, 0.3) is 0 Å². The van der Waals surface area contributed by atoms with Crippen molar-refractivity contribution in [1.29, 1.82) is 0 Å². The van der Waals surface area contributed by atoms with Gasteiger partial charge in [0.05, 0.1) is 6.04 Å². The molecule has 2 rings (SSSR count). The summed E-state index contributed by atoms with van der Waals surface area (Å²) in [5.41, 5.74) is 0.956. The summed E-state index contributed by atoms with van der Waals surface area (Å²) < 4.78 is 5.90. The molecule has 1 N–H and O–H groups in total. The van der Waals surface area contributed by atoms with Gasteiger partial charge < -0.3 is 9.73 Å². The van der Waals surface area contributed by atoms with Crippen LogP contribution in [0.25, 0.3) is 11.0 Å². The van der Waals surface area contributed by atoms with Gasteiger partial charge >= 0.3 is 0 Å². The van der Waals surface area contributed by atoms with Crippen LogP contribution in [0.15, 0.2) is 34.7 Å².